The molecule has 0 aliphatic carbocycles. The summed E-state index contributed by atoms with van der Waals surface area (Å²) in [7, 11) is 0. The molecule has 1 amide bonds. The zero-order chi connectivity index (χ0) is 21.1. The number of aromatic nitrogens is 1. The van der Waals surface area contributed by atoms with Crippen LogP contribution in [0.4, 0.5) is 5.13 Å². The van der Waals surface area contributed by atoms with Gasteiger partial charge in [0, 0.05) is 26.5 Å². The van der Waals surface area contributed by atoms with E-state index in [0.717, 1.165) is 5.56 Å². The average molecular weight is 479 g/mol. The highest BCUT2D eigenvalue weighted by Crippen LogP contribution is 2.28. The van der Waals surface area contributed by atoms with Gasteiger partial charge in [0.25, 0.3) is 5.91 Å². The van der Waals surface area contributed by atoms with E-state index >= 15 is 0 Å². The molecule has 5 nitrogen and oxygen atoms in total. The fraction of sp³-hybridized carbons (Fsp3) is 0. The van der Waals surface area contributed by atoms with Crippen molar-refractivity contribution in [1.82, 2.24) is 4.98 Å². The fourth-order valence-corrected chi connectivity index (χ4v) is 3.97. The van der Waals surface area contributed by atoms with Crippen molar-refractivity contribution in [1.29, 1.82) is 0 Å². The summed E-state index contributed by atoms with van der Waals surface area (Å²) in [5, 5.41) is 14.8. The maximum absolute atomic E-state index is 12.7. The number of thiazole rings is 1. The molecule has 0 bridgehead atoms. The Labute approximate surface area is 185 Å². The molecule has 0 saturated heterocycles. The van der Waals surface area contributed by atoms with Crippen LogP contribution in [0.5, 0.6) is 5.75 Å². The summed E-state index contributed by atoms with van der Waals surface area (Å²) in [6.07, 6.45) is 0. The van der Waals surface area contributed by atoms with E-state index in [1.54, 1.807) is 30.3 Å². The van der Waals surface area contributed by atoms with Crippen LogP contribution in [0.15, 0.2) is 82.6 Å². The molecule has 3 aromatic carbocycles. The summed E-state index contributed by atoms with van der Waals surface area (Å²) in [6.45, 7) is 0. The summed E-state index contributed by atoms with van der Waals surface area (Å²) in [4.78, 5) is 29.6. The number of rotatable bonds is 5. The van der Waals surface area contributed by atoms with Crippen molar-refractivity contribution in [3.8, 4) is 17.0 Å². The molecule has 0 aliphatic rings. The highest BCUT2D eigenvalue weighted by atomic mass is 79.9. The molecule has 30 heavy (non-hydrogen) atoms. The minimum Gasteiger partial charge on any atom is -0.507 e. The average Bonchev–Trinajstić information content (AvgIpc) is 3.24. The first kappa shape index (κ1) is 20.0. The second-order valence-corrected chi connectivity index (χ2v) is 8.20. The second-order valence-electron chi connectivity index (χ2n) is 6.43. The van der Waals surface area contributed by atoms with Gasteiger partial charge in [0.05, 0.1) is 11.3 Å². The first-order valence-electron chi connectivity index (χ1n) is 8.97. The van der Waals surface area contributed by atoms with Gasteiger partial charge >= 0.3 is 0 Å². The van der Waals surface area contributed by atoms with Gasteiger partial charge in [-0.3, -0.25) is 14.9 Å². The number of carbonyl (C=O) groups is 2. The lowest BCUT2D eigenvalue weighted by atomic mass is 10.0. The Bertz CT molecular complexity index is 1240. The summed E-state index contributed by atoms with van der Waals surface area (Å²) < 4.78 is 0.685. The Morgan fingerprint density at radius 1 is 0.933 bits per heavy atom. The maximum atomic E-state index is 12.7. The van der Waals surface area contributed by atoms with E-state index in [9.17, 15) is 14.7 Å². The van der Waals surface area contributed by atoms with Crippen molar-refractivity contribution in [2.24, 2.45) is 0 Å². The Hall–Kier alpha value is -3.29. The highest BCUT2D eigenvalue weighted by Gasteiger charge is 2.15. The number of anilines is 1. The third-order valence-corrected chi connectivity index (χ3v) is 5.64. The van der Waals surface area contributed by atoms with E-state index in [1.807, 2.05) is 35.7 Å². The van der Waals surface area contributed by atoms with Crippen LogP contribution in [0.3, 0.4) is 0 Å². The van der Waals surface area contributed by atoms with Crippen LogP contribution in [-0.4, -0.2) is 21.8 Å². The van der Waals surface area contributed by atoms with Gasteiger partial charge in [-0.05, 0) is 24.3 Å². The molecular weight excluding hydrogens is 464 g/mol. The van der Waals surface area contributed by atoms with Gasteiger partial charge in [-0.2, -0.15) is 0 Å². The van der Waals surface area contributed by atoms with Gasteiger partial charge < -0.3 is 5.11 Å². The first-order chi connectivity index (χ1) is 14.5. The Kier molecular flexibility index (Phi) is 5.74. The number of phenolic OH excluding ortho intramolecular Hbond substituents is 1. The molecule has 4 rings (SSSR count). The van der Waals surface area contributed by atoms with E-state index < -0.39 is 5.91 Å². The smallest absolute Gasteiger partial charge is 0.261 e. The molecule has 0 spiro atoms. The van der Waals surface area contributed by atoms with Crippen LogP contribution in [0.25, 0.3) is 11.3 Å². The Morgan fingerprint density at radius 2 is 1.70 bits per heavy atom. The zero-order valence-electron chi connectivity index (χ0n) is 15.5. The lowest BCUT2D eigenvalue weighted by Crippen LogP contribution is -2.11. The minimum absolute atomic E-state index is 0.0636. The topological polar surface area (TPSA) is 79.3 Å². The standard InChI is InChI=1S/C23H15BrN2O3S/c24-17-9-10-20(27)18(12-17)22(29)26-23-25-19(13-30-23)15-7-4-8-16(11-15)21(28)14-5-2-1-3-6-14/h1-13,27H,(H,25,26,29). The van der Waals surface area contributed by atoms with Gasteiger partial charge in [-0.15, -0.1) is 11.3 Å². The van der Waals surface area contributed by atoms with Crippen molar-refractivity contribution in [3.05, 3.63) is 99.3 Å². The van der Waals surface area contributed by atoms with Crippen LogP contribution in [-0.2, 0) is 0 Å². The molecule has 0 unspecified atom stereocenters. The molecule has 2 N–H and O–H groups in total. The summed E-state index contributed by atoms with van der Waals surface area (Å²) in [6, 6.07) is 20.9. The Morgan fingerprint density at radius 3 is 2.50 bits per heavy atom. The molecule has 148 valence electrons. The van der Waals surface area contributed by atoms with Gasteiger partial charge in [-0.25, -0.2) is 4.98 Å². The number of halogens is 1. The predicted octanol–water partition coefficient (Wildman–Crippen LogP) is 5.76. The molecule has 0 saturated carbocycles. The second kappa shape index (κ2) is 8.61. The van der Waals surface area contributed by atoms with Crippen LogP contribution >= 0.6 is 27.3 Å². The monoisotopic (exact) mass is 478 g/mol. The van der Waals surface area contributed by atoms with E-state index in [2.05, 4.69) is 26.2 Å². The van der Waals surface area contributed by atoms with Crippen molar-refractivity contribution < 1.29 is 14.7 Å². The van der Waals surface area contributed by atoms with E-state index in [4.69, 9.17) is 0 Å². The van der Waals surface area contributed by atoms with Crippen molar-refractivity contribution in [3.63, 3.8) is 0 Å². The van der Waals surface area contributed by atoms with E-state index in [0.29, 0.717) is 26.4 Å². The first-order valence-corrected chi connectivity index (χ1v) is 10.6. The van der Waals surface area contributed by atoms with Crippen LogP contribution < -0.4 is 5.32 Å². The summed E-state index contributed by atoms with van der Waals surface area (Å²) in [5.74, 6) is -0.631. The van der Waals surface area contributed by atoms with Crippen molar-refractivity contribution >= 4 is 44.1 Å². The molecular formula is C23H15BrN2O3S. The van der Waals surface area contributed by atoms with E-state index in [1.165, 1.54) is 23.5 Å². The third kappa shape index (κ3) is 4.32. The SMILES string of the molecule is O=C(c1ccccc1)c1cccc(-c2csc(NC(=O)c3cc(Br)ccc3O)n2)c1. The number of hydrogen-bond acceptors (Lipinski definition) is 5. The molecule has 0 aliphatic heterocycles. The lowest BCUT2D eigenvalue weighted by Gasteiger charge is -2.05. The molecule has 1 aromatic heterocycles. The number of ketones is 1. The Balaban J connectivity index is 1.55. The quantitative estimate of drug-likeness (QED) is 0.357. The molecule has 0 radical (unpaired) electrons. The van der Waals surface area contributed by atoms with Gasteiger partial charge in [0.2, 0.25) is 0 Å². The number of carbonyl (C=O) groups excluding carboxylic acids is 2. The van der Waals surface area contributed by atoms with Gasteiger partial charge in [-0.1, -0.05) is 64.5 Å². The lowest BCUT2D eigenvalue weighted by molar-refractivity contribution is 0.102. The van der Waals surface area contributed by atoms with Gasteiger partial charge in [0.15, 0.2) is 10.9 Å². The molecule has 7 heteroatoms. The molecule has 1 heterocycles. The van der Waals surface area contributed by atoms with Crippen molar-refractivity contribution in [2.45, 2.75) is 0 Å². The highest BCUT2D eigenvalue weighted by molar-refractivity contribution is 9.10. The number of benzene rings is 3. The number of aromatic hydroxyl groups is 1. The van der Waals surface area contributed by atoms with Crippen LogP contribution in [0.1, 0.15) is 26.3 Å². The van der Waals surface area contributed by atoms with Crippen LogP contribution in [0.2, 0.25) is 0 Å². The maximum Gasteiger partial charge on any atom is 0.261 e. The molecule has 0 atom stereocenters. The zero-order valence-corrected chi connectivity index (χ0v) is 17.9. The molecule has 4 aromatic rings. The third-order valence-electron chi connectivity index (χ3n) is 4.38. The van der Waals surface area contributed by atoms with E-state index in [-0.39, 0.29) is 17.1 Å². The summed E-state index contributed by atoms with van der Waals surface area (Å²) >= 11 is 4.56. The number of nitrogens with zero attached hydrogens (tertiary/aromatic N) is 1. The largest absolute Gasteiger partial charge is 0.507 e. The van der Waals surface area contributed by atoms with Crippen molar-refractivity contribution in [2.75, 3.05) is 5.32 Å². The van der Waals surface area contributed by atoms with Gasteiger partial charge in [0.1, 0.15) is 5.75 Å². The summed E-state index contributed by atoms with van der Waals surface area (Å²) in [5.41, 5.74) is 2.76. The number of nitrogens with one attached hydrogen (secondary N) is 1. The fourth-order valence-electron chi connectivity index (χ4n) is 2.89. The minimum atomic E-state index is -0.456. The normalized spacial score (nSPS) is 10.6. The number of hydrogen-bond donors (Lipinski definition) is 2. The predicted molar refractivity (Wildman–Crippen MR) is 121 cm³/mol. The molecule has 0 fully saturated rings. The number of phenols is 1. The number of amides is 1. The van der Waals surface area contributed by atoms with Crippen LogP contribution in [0, 0.1) is 0 Å².